The van der Waals surface area contributed by atoms with Gasteiger partial charge in [0.2, 0.25) is 0 Å². The van der Waals surface area contributed by atoms with E-state index in [1.54, 1.807) is 12.1 Å². The molecule has 0 aliphatic heterocycles. The Kier molecular flexibility index (Phi) is 5.93. The van der Waals surface area contributed by atoms with Crippen LogP contribution in [0.3, 0.4) is 0 Å². The van der Waals surface area contributed by atoms with E-state index in [1.165, 1.54) is 5.56 Å². The number of carbonyl (C=O) groups is 1. The molecule has 26 heavy (non-hydrogen) atoms. The van der Waals surface area contributed by atoms with Crippen LogP contribution in [0.25, 0.3) is 0 Å². The van der Waals surface area contributed by atoms with Crippen LogP contribution in [0.4, 0.5) is 11.5 Å². The van der Waals surface area contributed by atoms with Gasteiger partial charge in [0.15, 0.2) is 5.69 Å². The standard InChI is InChI=1S/C21H22N4O/c1-16-7-5-11-18(15-16)23-21(26)19-12-13-20(25-24-19)22-14-6-10-17-8-3-2-4-9-17/h2-5,7-9,11-13,15H,6,10,14H2,1H3,(H,22,25)(H,23,26). The number of aromatic nitrogens is 2. The number of rotatable bonds is 7. The molecule has 3 rings (SSSR count). The van der Waals surface area contributed by atoms with Gasteiger partial charge in [-0.15, -0.1) is 10.2 Å². The third kappa shape index (κ3) is 5.14. The minimum atomic E-state index is -0.265. The largest absolute Gasteiger partial charge is 0.369 e. The molecule has 3 aromatic rings. The molecule has 0 saturated carbocycles. The highest BCUT2D eigenvalue weighted by Crippen LogP contribution is 2.11. The van der Waals surface area contributed by atoms with Crippen LogP contribution >= 0.6 is 0 Å². The summed E-state index contributed by atoms with van der Waals surface area (Å²) in [7, 11) is 0. The number of benzene rings is 2. The fourth-order valence-electron chi connectivity index (χ4n) is 2.62. The molecule has 0 atom stereocenters. The molecule has 5 heteroatoms. The molecule has 0 saturated heterocycles. The first-order valence-corrected chi connectivity index (χ1v) is 8.70. The molecule has 0 unspecified atom stereocenters. The number of anilines is 2. The Morgan fingerprint density at radius 2 is 1.81 bits per heavy atom. The van der Waals surface area contributed by atoms with Crippen molar-refractivity contribution in [1.29, 1.82) is 0 Å². The summed E-state index contributed by atoms with van der Waals surface area (Å²) >= 11 is 0. The van der Waals surface area contributed by atoms with Gasteiger partial charge in [0.1, 0.15) is 5.82 Å². The zero-order valence-corrected chi connectivity index (χ0v) is 14.8. The van der Waals surface area contributed by atoms with Crippen molar-refractivity contribution in [1.82, 2.24) is 10.2 Å². The van der Waals surface area contributed by atoms with Gasteiger partial charge in [-0.2, -0.15) is 0 Å². The van der Waals surface area contributed by atoms with Gasteiger partial charge in [-0.25, -0.2) is 0 Å². The number of nitrogens with zero attached hydrogens (tertiary/aromatic N) is 2. The van der Waals surface area contributed by atoms with E-state index in [9.17, 15) is 4.79 Å². The minimum absolute atomic E-state index is 0.265. The summed E-state index contributed by atoms with van der Waals surface area (Å²) in [5.74, 6) is 0.406. The van der Waals surface area contributed by atoms with Crippen LogP contribution in [0, 0.1) is 6.92 Å². The van der Waals surface area contributed by atoms with Crippen molar-refractivity contribution in [3.63, 3.8) is 0 Å². The third-order valence-electron chi connectivity index (χ3n) is 3.96. The number of nitrogens with one attached hydrogen (secondary N) is 2. The normalized spacial score (nSPS) is 10.3. The van der Waals surface area contributed by atoms with E-state index in [0.29, 0.717) is 11.5 Å². The summed E-state index contributed by atoms with van der Waals surface area (Å²) in [5, 5.41) is 14.2. The predicted molar refractivity (Wildman–Crippen MR) is 104 cm³/mol. The minimum Gasteiger partial charge on any atom is -0.369 e. The van der Waals surface area contributed by atoms with Gasteiger partial charge in [0, 0.05) is 12.2 Å². The molecular weight excluding hydrogens is 324 g/mol. The van der Waals surface area contributed by atoms with E-state index >= 15 is 0 Å². The lowest BCUT2D eigenvalue weighted by molar-refractivity contribution is 0.102. The molecule has 1 amide bonds. The maximum Gasteiger partial charge on any atom is 0.276 e. The monoisotopic (exact) mass is 346 g/mol. The van der Waals surface area contributed by atoms with Crippen LogP contribution in [-0.2, 0) is 6.42 Å². The van der Waals surface area contributed by atoms with Gasteiger partial charge in [0.05, 0.1) is 0 Å². The molecule has 0 bridgehead atoms. The van der Waals surface area contributed by atoms with E-state index in [1.807, 2.05) is 37.3 Å². The number of hydrogen-bond donors (Lipinski definition) is 2. The van der Waals surface area contributed by atoms with Crippen molar-refractivity contribution in [3.8, 4) is 0 Å². The van der Waals surface area contributed by atoms with Crippen molar-refractivity contribution in [2.45, 2.75) is 19.8 Å². The maximum absolute atomic E-state index is 12.2. The first-order chi connectivity index (χ1) is 12.7. The topological polar surface area (TPSA) is 66.9 Å². The third-order valence-corrected chi connectivity index (χ3v) is 3.96. The summed E-state index contributed by atoms with van der Waals surface area (Å²) in [5.41, 5.74) is 3.45. The zero-order chi connectivity index (χ0) is 18.2. The van der Waals surface area contributed by atoms with Gasteiger partial charge in [-0.3, -0.25) is 4.79 Å². The Hall–Kier alpha value is -3.21. The first-order valence-electron chi connectivity index (χ1n) is 8.70. The lowest BCUT2D eigenvalue weighted by Crippen LogP contribution is -2.15. The molecule has 5 nitrogen and oxygen atoms in total. The summed E-state index contributed by atoms with van der Waals surface area (Å²) in [6.45, 7) is 2.78. The Labute approximate surface area is 153 Å². The van der Waals surface area contributed by atoms with Crippen molar-refractivity contribution >= 4 is 17.4 Å². The zero-order valence-electron chi connectivity index (χ0n) is 14.8. The smallest absolute Gasteiger partial charge is 0.276 e. The van der Waals surface area contributed by atoms with E-state index in [4.69, 9.17) is 0 Å². The number of aryl methyl sites for hydroxylation is 2. The molecule has 2 N–H and O–H groups in total. The van der Waals surface area contributed by atoms with Crippen LogP contribution in [0.15, 0.2) is 66.7 Å². The van der Waals surface area contributed by atoms with Crippen LogP contribution in [-0.4, -0.2) is 22.6 Å². The molecule has 0 fully saturated rings. The SMILES string of the molecule is Cc1cccc(NC(=O)c2ccc(NCCCc3ccccc3)nn2)c1. The predicted octanol–water partition coefficient (Wildman–Crippen LogP) is 4.08. The molecule has 2 aromatic carbocycles. The second-order valence-electron chi connectivity index (χ2n) is 6.14. The second kappa shape index (κ2) is 8.76. The Morgan fingerprint density at radius 1 is 0.962 bits per heavy atom. The van der Waals surface area contributed by atoms with E-state index in [2.05, 4.69) is 45.1 Å². The quantitative estimate of drug-likeness (QED) is 0.633. The van der Waals surface area contributed by atoms with Crippen molar-refractivity contribution < 1.29 is 4.79 Å². The lowest BCUT2D eigenvalue weighted by atomic mass is 10.1. The van der Waals surface area contributed by atoms with Crippen molar-refractivity contribution in [2.24, 2.45) is 0 Å². The van der Waals surface area contributed by atoms with Gasteiger partial charge in [0.25, 0.3) is 5.91 Å². The molecule has 132 valence electrons. The highest BCUT2D eigenvalue weighted by atomic mass is 16.1. The van der Waals surface area contributed by atoms with Crippen molar-refractivity contribution in [2.75, 3.05) is 17.2 Å². The fourth-order valence-corrected chi connectivity index (χ4v) is 2.62. The number of hydrogen-bond acceptors (Lipinski definition) is 4. The molecule has 1 heterocycles. The Balaban J connectivity index is 1.47. The van der Waals surface area contributed by atoms with Crippen LogP contribution < -0.4 is 10.6 Å². The highest BCUT2D eigenvalue weighted by molar-refractivity contribution is 6.02. The maximum atomic E-state index is 12.2. The van der Waals surface area contributed by atoms with E-state index in [-0.39, 0.29) is 5.91 Å². The van der Waals surface area contributed by atoms with Crippen molar-refractivity contribution in [3.05, 3.63) is 83.6 Å². The van der Waals surface area contributed by atoms with Crippen LogP contribution in [0.5, 0.6) is 0 Å². The Morgan fingerprint density at radius 3 is 2.54 bits per heavy atom. The number of carbonyl (C=O) groups excluding carboxylic acids is 1. The Bertz CT molecular complexity index is 847. The van der Waals surface area contributed by atoms with E-state index in [0.717, 1.165) is 30.6 Å². The second-order valence-corrected chi connectivity index (χ2v) is 6.14. The summed E-state index contributed by atoms with van der Waals surface area (Å²) in [4.78, 5) is 12.2. The molecule has 0 aliphatic rings. The average Bonchev–Trinajstić information content (AvgIpc) is 2.66. The number of amides is 1. The van der Waals surface area contributed by atoms with Gasteiger partial charge in [-0.1, -0.05) is 42.5 Å². The molecule has 0 spiro atoms. The van der Waals surface area contributed by atoms with Gasteiger partial charge in [-0.05, 0) is 55.2 Å². The van der Waals surface area contributed by atoms with Gasteiger partial charge >= 0.3 is 0 Å². The van der Waals surface area contributed by atoms with Crippen LogP contribution in [0.2, 0.25) is 0 Å². The molecule has 0 aliphatic carbocycles. The average molecular weight is 346 g/mol. The summed E-state index contributed by atoms with van der Waals surface area (Å²) in [6, 6.07) is 21.5. The first kappa shape index (κ1) is 17.6. The van der Waals surface area contributed by atoms with Gasteiger partial charge < -0.3 is 10.6 Å². The lowest BCUT2D eigenvalue weighted by Gasteiger charge is -2.07. The van der Waals surface area contributed by atoms with E-state index < -0.39 is 0 Å². The highest BCUT2D eigenvalue weighted by Gasteiger charge is 2.08. The summed E-state index contributed by atoms with van der Waals surface area (Å²) in [6.07, 6.45) is 2.01. The fraction of sp³-hybridized carbons (Fsp3) is 0.190. The molecule has 0 radical (unpaired) electrons. The molecular formula is C21H22N4O. The molecule has 1 aromatic heterocycles. The van der Waals surface area contributed by atoms with Crippen LogP contribution in [0.1, 0.15) is 28.0 Å². The summed E-state index contributed by atoms with van der Waals surface area (Å²) < 4.78 is 0.